The van der Waals surface area contributed by atoms with Gasteiger partial charge >= 0.3 is 188 Å². The molecule has 0 N–H and O–H groups in total. The second kappa shape index (κ2) is 11.7. The van der Waals surface area contributed by atoms with Crippen molar-refractivity contribution >= 4 is 55.3 Å². The maximum atomic E-state index is 12.5. The number of hydrogen-bond acceptors (Lipinski definition) is 3. The fraction of sp³-hybridized carbons (Fsp3) is 0.762. The first-order valence-electron chi connectivity index (χ1n) is 9.90. The van der Waals surface area contributed by atoms with Gasteiger partial charge in [-0.3, -0.25) is 0 Å². The molecule has 0 saturated carbocycles. The molecule has 6 heteroatoms. The van der Waals surface area contributed by atoms with Gasteiger partial charge in [-0.25, -0.2) is 0 Å². The summed E-state index contributed by atoms with van der Waals surface area (Å²) in [7, 11) is -0.220. The molecule has 0 aliphatic carbocycles. The Morgan fingerprint density at radius 2 is 1.78 bits per heavy atom. The van der Waals surface area contributed by atoms with E-state index in [0.29, 0.717) is 0 Å². The van der Waals surface area contributed by atoms with E-state index < -0.39 is 26.7 Å². The van der Waals surface area contributed by atoms with Crippen molar-refractivity contribution in [3.63, 3.8) is 0 Å². The van der Waals surface area contributed by atoms with Crippen LogP contribution in [0.15, 0.2) is 19.3 Å². The Labute approximate surface area is 186 Å². The standard InChI is InChI=1S/C18H32IO3Si.3CH3.Sn/c1-8-16(19)13-12-15(17(20)21-5)11-9-10-14-22-23(6,7)18(2,3)4;;;;/h8-9,15H,10,12-14H2,1-7H3;3*1H3;/b11-9?,16-8-;;;;. The van der Waals surface area contributed by atoms with Gasteiger partial charge in [-0.2, -0.15) is 0 Å². The molecule has 0 aromatic rings. The van der Waals surface area contributed by atoms with Crippen molar-refractivity contribution < 1.29 is 14.0 Å². The number of carbonyl (C=O) groups excluding carboxylic acids is 1. The van der Waals surface area contributed by atoms with Crippen molar-refractivity contribution in [3.8, 4) is 0 Å². The van der Waals surface area contributed by atoms with Crippen molar-refractivity contribution in [2.24, 2.45) is 5.92 Å². The summed E-state index contributed by atoms with van der Waals surface area (Å²) >= 11 is -0.0890. The van der Waals surface area contributed by atoms with Crippen LogP contribution in [0.25, 0.3) is 0 Å². The predicted molar refractivity (Wildman–Crippen MR) is 132 cm³/mol. The van der Waals surface area contributed by atoms with Crippen LogP contribution in [-0.2, 0) is 14.0 Å². The monoisotopic (exact) mass is 616 g/mol. The van der Waals surface area contributed by atoms with Gasteiger partial charge in [0.05, 0.1) is 0 Å². The molecule has 0 rings (SSSR count). The number of allylic oxidation sites excluding steroid dienone is 2. The van der Waals surface area contributed by atoms with Gasteiger partial charge in [0, 0.05) is 0 Å². The van der Waals surface area contributed by atoms with Gasteiger partial charge in [0.15, 0.2) is 0 Å². The van der Waals surface area contributed by atoms with Gasteiger partial charge in [-0.1, -0.05) is 0 Å². The summed E-state index contributed by atoms with van der Waals surface area (Å²) in [4.78, 5) is 19.7. The molecule has 0 fully saturated rings. The Kier molecular flexibility index (Phi) is 12.0. The van der Waals surface area contributed by atoms with Crippen molar-refractivity contribution in [3.05, 3.63) is 19.3 Å². The molecule has 0 aliphatic heterocycles. The SMILES string of the molecule is C/C=C(\I)CCC(C(=O)OC)/[C](=C/CCO[Si](C)(C)C(C)(C)C)[Sn]([CH3])([CH3])[CH3]. The zero-order valence-corrected chi connectivity index (χ0v) is 25.2. The van der Waals surface area contributed by atoms with E-state index in [2.05, 4.69) is 83.4 Å². The summed E-state index contributed by atoms with van der Waals surface area (Å²) in [6, 6.07) is 0. The molecule has 0 amide bonds. The number of ether oxygens (including phenoxy) is 1. The molecular weight excluding hydrogens is 574 g/mol. The number of esters is 1. The van der Waals surface area contributed by atoms with Crippen LogP contribution in [0.5, 0.6) is 0 Å². The second-order valence-corrected chi connectivity index (χ2v) is 30.3. The molecule has 0 radical (unpaired) electrons. The van der Waals surface area contributed by atoms with E-state index in [1.807, 2.05) is 6.92 Å². The first-order chi connectivity index (χ1) is 12.2. The second-order valence-electron chi connectivity index (χ2n) is 9.66. The van der Waals surface area contributed by atoms with Crippen LogP contribution in [0, 0.1) is 5.92 Å². The van der Waals surface area contributed by atoms with Gasteiger partial charge in [0.25, 0.3) is 0 Å². The molecule has 0 aliphatic rings. The van der Waals surface area contributed by atoms with Crippen molar-refractivity contribution in [2.45, 2.75) is 79.9 Å². The summed E-state index contributed by atoms with van der Waals surface area (Å²) in [6.45, 7) is 14.2. The third kappa shape index (κ3) is 9.80. The van der Waals surface area contributed by atoms with Crippen LogP contribution in [-0.4, -0.2) is 46.4 Å². The van der Waals surface area contributed by atoms with Gasteiger partial charge < -0.3 is 0 Å². The average molecular weight is 615 g/mol. The van der Waals surface area contributed by atoms with E-state index >= 15 is 0 Å². The fourth-order valence-corrected chi connectivity index (χ4v) is 9.95. The number of hydrogen-bond donors (Lipinski definition) is 0. The predicted octanol–water partition coefficient (Wildman–Crippen LogP) is 7.11. The van der Waals surface area contributed by atoms with E-state index in [-0.39, 0.29) is 16.9 Å². The molecule has 1 atom stereocenters. The van der Waals surface area contributed by atoms with Crippen LogP contribution in [0.3, 0.4) is 0 Å². The Bertz CT molecular complexity index is 543. The minimum atomic E-state index is -2.45. The summed E-state index contributed by atoms with van der Waals surface area (Å²) in [5.41, 5.74) is 0. The van der Waals surface area contributed by atoms with Gasteiger partial charge in [-0.05, 0) is 0 Å². The van der Waals surface area contributed by atoms with Gasteiger partial charge in [0.2, 0.25) is 0 Å². The molecule has 0 saturated heterocycles. The zero-order valence-electron chi connectivity index (χ0n) is 19.2. The Morgan fingerprint density at radius 3 is 2.19 bits per heavy atom. The Hall–Kier alpha value is 0.656. The van der Waals surface area contributed by atoms with Gasteiger partial charge in [-0.15, -0.1) is 0 Å². The minimum absolute atomic E-state index is 0.0847. The van der Waals surface area contributed by atoms with E-state index in [9.17, 15) is 4.79 Å². The molecule has 27 heavy (non-hydrogen) atoms. The van der Waals surface area contributed by atoms with E-state index in [1.54, 1.807) is 0 Å². The van der Waals surface area contributed by atoms with Crippen LogP contribution in [0.2, 0.25) is 33.0 Å². The average Bonchev–Trinajstić information content (AvgIpc) is 2.53. The van der Waals surface area contributed by atoms with Crippen LogP contribution in [0.1, 0.15) is 47.0 Å². The number of halogens is 1. The first kappa shape index (κ1) is 27.7. The molecule has 158 valence electrons. The number of carbonyl (C=O) groups is 1. The Morgan fingerprint density at radius 1 is 1.22 bits per heavy atom. The molecule has 1 unspecified atom stereocenters. The summed E-state index contributed by atoms with van der Waals surface area (Å²) in [6.07, 6.45) is 7.07. The molecule has 0 aromatic heterocycles. The van der Waals surface area contributed by atoms with Gasteiger partial charge in [0.1, 0.15) is 0 Å². The molecule has 0 heterocycles. The summed E-state index contributed by atoms with van der Waals surface area (Å²) in [5, 5.41) is 0.223. The van der Waals surface area contributed by atoms with Crippen molar-refractivity contribution in [1.82, 2.24) is 0 Å². The van der Waals surface area contributed by atoms with Crippen molar-refractivity contribution in [1.29, 1.82) is 0 Å². The number of methoxy groups -OCH3 is 1. The summed E-state index contributed by atoms with van der Waals surface area (Å²) < 4.78 is 14.2. The molecule has 0 bridgehead atoms. The maximum absolute atomic E-state index is 12.5. The summed E-state index contributed by atoms with van der Waals surface area (Å²) in [5.74, 6) is -0.193. The molecule has 0 aromatic carbocycles. The third-order valence-electron chi connectivity index (χ3n) is 5.46. The molecule has 0 spiro atoms. The topological polar surface area (TPSA) is 35.5 Å². The van der Waals surface area contributed by atoms with Crippen LogP contribution in [0.4, 0.5) is 0 Å². The van der Waals surface area contributed by atoms with Crippen molar-refractivity contribution in [2.75, 3.05) is 13.7 Å². The Balaban J connectivity index is 5.36. The zero-order chi connectivity index (χ0) is 21.5. The third-order valence-corrected chi connectivity index (χ3v) is 17.7. The fourth-order valence-electron chi connectivity index (χ4n) is 2.69. The van der Waals surface area contributed by atoms with E-state index in [1.165, 1.54) is 14.3 Å². The van der Waals surface area contributed by atoms with E-state index in [0.717, 1.165) is 25.9 Å². The van der Waals surface area contributed by atoms with E-state index in [4.69, 9.17) is 9.16 Å². The quantitative estimate of drug-likeness (QED) is 0.114. The van der Waals surface area contributed by atoms with Crippen LogP contribution >= 0.6 is 22.6 Å². The normalized spacial score (nSPS) is 15.7. The van der Waals surface area contributed by atoms with Crippen LogP contribution < -0.4 is 0 Å². The molecular formula is C21H41IO3SiSn. The molecule has 3 nitrogen and oxygen atoms in total. The first-order valence-corrected chi connectivity index (χ1v) is 23.9. The number of rotatable bonds is 10.